The molecule has 5 aliphatic rings. The second-order valence-electron chi connectivity index (χ2n) is 10.9. The predicted molar refractivity (Wildman–Crippen MR) is 151 cm³/mol. The van der Waals surface area contributed by atoms with Crippen molar-refractivity contribution in [2.24, 2.45) is 23.2 Å². The summed E-state index contributed by atoms with van der Waals surface area (Å²) in [4.78, 5) is 39.5. The van der Waals surface area contributed by atoms with E-state index in [0.717, 1.165) is 31.0 Å². The normalized spacial score (nSPS) is 28.6. The predicted octanol–water partition coefficient (Wildman–Crippen LogP) is 5.15. The fourth-order valence-corrected chi connectivity index (χ4v) is 8.08. The number of carbonyl (C=O) groups is 3. The van der Waals surface area contributed by atoms with Gasteiger partial charge in [0.2, 0.25) is 5.91 Å². The first-order valence-corrected chi connectivity index (χ1v) is 14.3. The van der Waals surface area contributed by atoms with Gasteiger partial charge in [0, 0.05) is 11.3 Å². The molecule has 7 rings (SSSR count). The number of hydrazine groups is 1. The van der Waals surface area contributed by atoms with Gasteiger partial charge in [-0.3, -0.25) is 19.8 Å². The summed E-state index contributed by atoms with van der Waals surface area (Å²) in [5.74, 6) is 1.65. The number of anilines is 1. The van der Waals surface area contributed by atoms with Gasteiger partial charge in [-0.15, -0.1) is 0 Å². The number of amides is 3. The van der Waals surface area contributed by atoms with Crippen LogP contribution in [0, 0.1) is 23.2 Å². The van der Waals surface area contributed by atoms with Gasteiger partial charge in [-0.25, -0.2) is 0 Å². The average Bonchev–Trinajstić information content (AvgIpc) is 3.15. The van der Waals surface area contributed by atoms with Crippen molar-refractivity contribution in [1.82, 2.24) is 10.4 Å². The highest BCUT2D eigenvalue weighted by Crippen LogP contribution is 2.60. The Morgan fingerprint density at radius 1 is 1.00 bits per heavy atom. The van der Waals surface area contributed by atoms with Gasteiger partial charge in [-0.2, -0.15) is 5.01 Å². The molecule has 4 saturated carbocycles. The minimum absolute atomic E-state index is 0.0673. The van der Waals surface area contributed by atoms with Gasteiger partial charge >= 0.3 is 0 Å². The minimum Gasteiger partial charge on any atom is -0.483 e. The molecule has 196 valence electrons. The molecular weight excluding hydrogens is 518 g/mol. The highest BCUT2D eigenvalue weighted by molar-refractivity contribution is 8.26. The maximum atomic E-state index is 13.5. The SMILES string of the molecule is O=C(COc1ccccc1/C=C1/SC(=S)N(NC(=O)C23CC4CC(CC(C4)C2)C3)C1=O)Nc1ccccc1. The molecule has 0 aromatic heterocycles. The van der Waals surface area contributed by atoms with Crippen LogP contribution < -0.4 is 15.5 Å². The number of para-hydroxylation sites is 2. The molecule has 1 heterocycles. The molecule has 3 amide bonds. The summed E-state index contributed by atoms with van der Waals surface area (Å²) in [6.07, 6.45) is 8.16. The van der Waals surface area contributed by atoms with E-state index in [4.69, 9.17) is 17.0 Å². The van der Waals surface area contributed by atoms with Crippen molar-refractivity contribution >= 4 is 57.8 Å². The molecule has 2 aromatic carbocycles. The fourth-order valence-electron chi connectivity index (χ4n) is 6.91. The average molecular weight is 548 g/mol. The molecule has 0 radical (unpaired) electrons. The van der Waals surface area contributed by atoms with E-state index in [1.54, 1.807) is 30.3 Å². The smallest absolute Gasteiger partial charge is 0.285 e. The minimum atomic E-state index is -0.372. The second kappa shape index (κ2) is 10.2. The highest BCUT2D eigenvalue weighted by Gasteiger charge is 2.55. The lowest BCUT2D eigenvalue weighted by atomic mass is 9.49. The summed E-state index contributed by atoms with van der Waals surface area (Å²) in [5.41, 5.74) is 3.85. The monoisotopic (exact) mass is 547 g/mol. The van der Waals surface area contributed by atoms with Crippen LogP contribution in [0.15, 0.2) is 59.5 Å². The Hall–Kier alpha value is -3.17. The topological polar surface area (TPSA) is 87.7 Å². The number of rotatable bonds is 7. The van der Waals surface area contributed by atoms with Crippen molar-refractivity contribution in [3.8, 4) is 5.75 Å². The molecular formula is C29H29N3O4S2. The molecule has 0 atom stereocenters. The van der Waals surface area contributed by atoms with E-state index in [2.05, 4.69) is 10.7 Å². The first-order chi connectivity index (χ1) is 18.4. The van der Waals surface area contributed by atoms with Crippen molar-refractivity contribution in [3.05, 3.63) is 65.1 Å². The first-order valence-electron chi connectivity index (χ1n) is 13.0. The van der Waals surface area contributed by atoms with Crippen molar-refractivity contribution in [3.63, 3.8) is 0 Å². The van der Waals surface area contributed by atoms with Gasteiger partial charge in [0.25, 0.3) is 11.8 Å². The molecule has 4 aliphatic carbocycles. The molecule has 4 bridgehead atoms. The van der Waals surface area contributed by atoms with E-state index < -0.39 is 0 Å². The third-order valence-electron chi connectivity index (χ3n) is 8.15. The van der Waals surface area contributed by atoms with Crippen molar-refractivity contribution in [2.75, 3.05) is 11.9 Å². The van der Waals surface area contributed by atoms with Crippen LogP contribution in [0.3, 0.4) is 0 Å². The summed E-state index contributed by atoms with van der Waals surface area (Å²) < 4.78 is 6.08. The van der Waals surface area contributed by atoms with E-state index in [1.165, 1.54) is 24.3 Å². The maximum Gasteiger partial charge on any atom is 0.285 e. The van der Waals surface area contributed by atoms with E-state index in [1.807, 2.05) is 30.3 Å². The number of hydrogen-bond acceptors (Lipinski definition) is 6. The lowest BCUT2D eigenvalue weighted by Crippen LogP contribution is -2.57. The third-order valence-corrected chi connectivity index (χ3v) is 9.45. The zero-order chi connectivity index (χ0) is 26.3. The van der Waals surface area contributed by atoms with Crippen LogP contribution in [0.5, 0.6) is 5.75 Å². The second-order valence-corrected chi connectivity index (χ2v) is 12.6. The maximum absolute atomic E-state index is 13.5. The van der Waals surface area contributed by atoms with E-state index >= 15 is 0 Å². The van der Waals surface area contributed by atoms with Crippen LogP contribution in [-0.2, 0) is 14.4 Å². The van der Waals surface area contributed by atoms with Crippen LogP contribution in [0.2, 0.25) is 0 Å². The van der Waals surface area contributed by atoms with E-state index in [9.17, 15) is 14.4 Å². The van der Waals surface area contributed by atoms with E-state index in [-0.39, 0.29) is 29.7 Å². The molecule has 2 N–H and O–H groups in total. The van der Waals surface area contributed by atoms with Gasteiger partial charge < -0.3 is 10.1 Å². The molecule has 0 unspecified atom stereocenters. The van der Waals surface area contributed by atoms with Crippen LogP contribution >= 0.6 is 24.0 Å². The Morgan fingerprint density at radius 3 is 2.32 bits per heavy atom. The van der Waals surface area contributed by atoms with Crippen LogP contribution in [-0.4, -0.2) is 33.7 Å². The van der Waals surface area contributed by atoms with Gasteiger partial charge in [0.15, 0.2) is 10.9 Å². The van der Waals surface area contributed by atoms with Crippen LogP contribution in [0.25, 0.3) is 6.08 Å². The quantitative estimate of drug-likeness (QED) is 0.368. The number of thioether (sulfide) groups is 1. The number of nitrogens with one attached hydrogen (secondary N) is 2. The van der Waals surface area contributed by atoms with Gasteiger partial charge in [-0.1, -0.05) is 48.2 Å². The summed E-state index contributed by atoms with van der Waals surface area (Å²) in [6, 6.07) is 16.4. The van der Waals surface area contributed by atoms with Crippen LogP contribution in [0.4, 0.5) is 5.69 Å². The molecule has 0 spiro atoms. The Balaban J connectivity index is 1.12. The fraction of sp³-hybridized carbons (Fsp3) is 0.379. The summed E-state index contributed by atoms with van der Waals surface area (Å²) >= 11 is 6.63. The Morgan fingerprint density at radius 2 is 1.63 bits per heavy atom. The number of hydrogen-bond donors (Lipinski definition) is 2. The Bertz CT molecular complexity index is 1290. The number of ether oxygens (including phenoxy) is 1. The number of thiocarbonyl (C=S) groups is 1. The summed E-state index contributed by atoms with van der Waals surface area (Å²) in [5, 5.41) is 4.01. The highest BCUT2D eigenvalue weighted by atomic mass is 32.2. The molecule has 1 saturated heterocycles. The van der Waals surface area contributed by atoms with Crippen molar-refractivity contribution in [1.29, 1.82) is 0 Å². The third kappa shape index (κ3) is 4.97. The van der Waals surface area contributed by atoms with Crippen molar-refractivity contribution in [2.45, 2.75) is 38.5 Å². The Kier molecular flexibility index (Phi) is 6.74. The van der Waals surface area contributed by atoms with Gasteiger partial charge in [-0.05, 0) is 92.8 Å². The molecule has 2 aromatic rings. The largest absolute Gasteiger partial charge is 0.483 e. The number of carbonyl (C=O) groups excluding carboxylic acids is 3. The molecule has 7 nitrogen and oxygen atoms in total. The van der Waals surface area contributed by atoms with Crippen molar-refractivity contribution < 1.29 is 19.1 Å². The van der Waals surface area contributed by atoms with Gasteiger partial charge in [0.1, 0.15) is 5.75 Å². The van der Waals surface area contributed by atoms with E-state index in [0.29, 0.717) is 44.0 Å². The Labute approximate surface area is 231 Å². The summed E-state index contributed by atoms with van der Waals surface area (Å²) in [6.45, 7) is -0.179. The molecule has 9 heteroatoms. The lowest BCUT2D eigenvalue weighted by molar-refractivity contribution is -0.152. The first kappa shape index (κ1) is 25.1. The zero-order valence-corrected chi connectivity index (χ0v) is 22.5. The number of benzene rings is 2. The number of nitrogens with zero attached hydrogens (tertiary/aromatic N) is 1. The molecule has 1 aliphatic heterocycles. The van der Waals surface area contributed by atoms with Crippen LogP contribution in [0.1, 0.15) is 44.1 Å². The lowest BCUT2D eigenvalue weighted by Gasteiger charge is -2.55. The standard InChI is InChI=1S/C29H29N3O4S2/c33-25(30-22-7-2-1-3-8-22)17-36-23-9-5-4-6-21(23)13-24-26(34)32(28(37)38-24)31-27(35)29-14-18-10-19(15-29)12-20(11-18)16-29/h1-9,13,18-20H,10-12,14-17H2,(H,30,33)(H,31,35)/b24-13+. The molecule has 38 heavy (non-hydrogen) atoms. The summed E-state index contributed by atoms with van der Waals surface area (Å²) in [7, 11) is 0. The molecule has 5 fully saturated rings. The van der Waals surface area contributed by atoms with Gasteiger partial charge in [0.05, 0.1) is 10.3 Å². The zero-order valence-electron chi connectivity index (χ0n) is 20.9.